The van der Waals surface area contributed by atoms with Gasteiger partial charge >= 0.3 is 0 Å². The summed E-state index contributed by atoms with van der Waals surface area (Å²) in [7, 11) is 0.312. The highest BCUT2D eigenvalue weighted by Gasteiger charge is 2.18. The van der Waals surface area contributed by atoms with Crippen LogP contribution < -0.4 is 9.62 Å². The first-order chi connectivity index (χ1) is 9.70. The van der Waals surface area contributed by atoms with Gasteiger partial charge in [0, 0.05) is 19.8 Å². The average Bonchev–Trinajstić information content (AvgIpc) is 2.72. The van der Waals surface area contributed by atoms with Crippen molar-refractivity contribution in [2.45, 2.75) is 18.1 Å². The van der Waals surface area contributed by atoms with Crippen molar-refractivity contribution >= 4 is 48.7 Å². The Morgan fingerprint density at radius 2 is 1.81 bits per heavy atom. The quantitative estimate of drug-likeness (QED) is 0.860. The van der Waals surface area contributed by atoms with E-state index in [-0.39, 0.29) is 0 Å². The van der Waals surface area contributed by atoms with Gasteiger partial charge in [-0.1, -0.05) is 6.07 Å². The zero-order valence-corrected chi connectivity index (χ0v) is 15.5. The number of rotatable bonds is 4. The van der Waals surface area contributed by atoms with Gasteiger partial charge in [-0.05, 0) is 59.1 Å². The van der Waals surface area contributed by atoms with Crippen LogP contribution in [-0.4, -0.2) is 22.5 Å². The number of anilines is 2. The number of sulfonamides is 1. The Labute approximate surface area is 138 Å². The topological polar surface area (TPSA) is 49.4 Å². The number of hydrogen-bond acceptors (Lipinski definition) is 4. The van der Waals surface area contributed by atoms with E-state index in [0.717, 1.165) is 20.6 Å². The first-order valence-corrected chi connectivity index (χ1v) is 9.36. The zero-order chi connectivity index (χ0) is 15.8. The molecule has 0 spiro atoms. The van der Waals surface area contributed by atoms with Crippen molar-refractivity contribution in [1.82, 2.24) is 0 Å². The zero-order valence-electron chi connectivity index (χ0n) is 12.3. The lowest BCUT2D eigenvalue weighted by atomic mass is 10.2. The molecule has 0 bridgehead atoms. The van der Waals surface area contributed by atoms with Gasteiger partial charge in [-0.15, -0.1) is 11.3 Å². The molecule has 1 aromatic heterocycles. The maximum atomic E-state index is 12.4. The maximum Gasteiger partial charge on any atom is 0.271 e. The molecule has 2 aromatic rings. The van der Waals surface area contributed by atoms with Gasteiger partial charge in [-0.2, -0.15) is 0 Å². The number of nitrogens with zero attached hydrogens (tertiary/aromatic N) is 1. The molecule has 0 unspecified atom stereocenters. The molecule has 0 saturated heterocycles. The number of benzene rings is 1. The summed E-state index contributed by atoms with van der Waals surface area (Å²) in [5, 5.41) is 0. The standard InChI is InChI=1S/C14H17BrN2O2S2/c1-9-5-6-11(8-12(9)17(3)4)16-21(18,19)13-7-10(2)14(15)20-13/h5-8,16H,1-4H3. The van der Waals surface area contributed by atoms with E-state index in [1.165, 1.54) is 11.3 Å². The minimum absolute atomic E-state index is 0.304. The Kier molecular flexibility index (Phi) is 4.65. The summed E-state index contributed by atoms with van der Waals surface area (Å²) in [5.41, 5.74) is 3.56. The van der Waals surface area contributed by atoms with Crippen LogP contribution in [0.1, 0.15) is 11.1 Å². The van der Waals surface area contributed by atoms with Crippen molar-refractivity contribution in [2.24, 2.45) is 0 Å². The Hall–Kier alpha value is -1.05. The second-order valence-electron chi connectivity index (χ2n) is 5.02. The Balaban J connectivity index is 2.35. The van der Waals surface area contributed by atoms with Crippen molar-refractivity contribution in [3.63, 3.8) is 0 Å². The lowest BCUT2D eigenvalue weighted by Crippen LogP contribution is -2.14. The summed E-state index contributed by atoms with van der Waals surface area (Å²) in [6.45, 7) is 3.86. The van der Waals surface area contributed by atoms with Crippen molar-refractivity contribution in [3.8, 4) is 0 Å². The molecule has 0 aliphatic heterocycles. The lowest BCUT2D eigenvalue weighted by molar-refractivity contribution is 0.603. The molecule has 0 fully saturated rings. The molecule has 114 valence electrons. The number of thiophene rings is 1. The van der Waals surface area contributed by atoms with Gasteiger partial charge < -0.3 is 4.90 Å². The van der Waals surface area contributed by atoms with E-state index in [9.17, 15) is 8.42 Å². The van der Waals surface area contributed by atoms with Gasteiger partial charge in [-0.25, -0.2) is 8.42 Å². The Morgan fingerprint density at radius 3 is 2.33 bits per heavy atom. The molecule has 0 amide bonds. The van der Waals surface area contributed by atoms with Gasteiger partial charge in [0.2, 0.25) is 0 Å². The molecule has 0 aliphatic rings. The average molecular weight is 389 g/mol. The lowest BCUT2D eigenvalue weighted by Gasteiger charge is -2.17. The predicted octanol–water partition coefficient (Wildman–Crippen LogP) is 3.99. The van der Waals surface area contributed by atoms with Crippen molar-refractivity contribution < 1.29 is 8.42 Å². The largest absolute Gasteiger partial charge is 0.377 e. The Morgan fingerprint density at radius 1 is 1.14 bits per heavy atom. The van der Waals surface area contributed by atoms with Crippen molar-refractivity contribution in [2.75, 3.05) is 23.7 Å². The predicted molar refractivity (Wildman–Crippen MR) is 93.1 cm³/mol. The highest BCUT2D eigenvalue weighted by Crippen LogP contribution is 2.32. The van der Waals surface area contributed by atoms with Crippen LogP contribution in [0.5, 0.6) is 0 Å². The van der Waals surface area contributed by atoms with E-state index in [2.05, 4.69) is 20.7 Å². The SMILES string of the molecule is Cc1ccc(NS(=O)(=O)c2cc(C)c(Br)s2)cc1N(C)C. The molecular weight excluding hydrogens is 372 g/mol. The van der Waals surface area contributed by atoms with Gasteiger partial charge in [0.15, 0.2) is 0 Å². The molecule has 0 aliphatic carbocycles. The van der Waals surface area contributed by atoms with E-state index < -0.39 is 10.0 Å². The van der Waals surface area contributed by atoms with Gasteiger partial charge in [-0.3, -0.25) is 4.72 Å². The van der Waals surface area contributed by atoms with Crippen LogP contribution in [0.15, 0.2) is 32.3 Å². The van der Waals surface area contributed by atoms with Crippen LogP contribution in [0.25, 0.3) is 0 Å². The summed E-state index contributed by atoms with van der Waals surface area (Å²) in [6, 6.07) is 7.18. The maximum absolute atomic E-state index is 12.4. The van der Waals surface area contributed by atoms with E-state index in [1.807, 2.05) is 45.0 Å². The fourth-order valence-electron chi connectivity index (χ4n) is 1.92. The highest BCUT2D eigenvalue weighted by atomic mass is 79.9. The Bertz CT molecular complexity index is 748. The molecule has 1 heterocycles. The summed E-state index contributed by atoms with van der Waals surface area (Å²) in [4.78, 5) is 1.96. The number of nitrogens with one attached hydrogen (secondary N) is 1. The number of hydrogen-bond donors (Lipinski definition) is 1. The van der Waals surface area contributed by atoms with Crippen molar-refractivity contribution in [1.29, 1.82) is 0 Å². The second-order valence-corrected chi connectivity index (χ2v) is 9.30. The molecule has 0 radical (unpaired) electrons. The third kappa shape index (κ3) is 3.59. The van der Waals surface area contributed by atoms with Crippen LogP contribution in [0.2, 0.25) is 0 Å². The fourth-order valence-corrected chi connectivity index (χ4v) is 5.20. The molecule has 2 rings (SSSR count). The second kappa shape index (κ2) is 5.98. The monoisotopic (exact) mass is 388 g/mol. The molecule has 0 saturated carbocycles. The van der Waals surface area contributed by atoms with E-state index >= 15 is 0 Å². The number of aryl methyl sites for hydroxylation is 2. The summed E-state index contributed by atoms with van der Waals surface area (Å²) >= 11 is 4.56. The third-order valence-electron chi connectivity index (χ3n) is 3.04. The normalized spacial score (nSPS) is 11.5. The van der Waals surface area contributed by atoms with Crippen LogP contribution in [0.3, 0.4) is 0 Å². The molecule has 1 aromatic carbocycles. The summed E-state index contributed by atoms with van der Waals surface area (Å²) < 4.78 is 28.6. The third-order valence-corrected chi connectivity index (χ3v) is 7.03. The van der Waals surface area contributed by atoms with Gasteiger partial charge in [0.05, 0.1) is 9.47 Å². The number of halogens is 1. The highest BCUT2D eigenvalue weighted by molar-refractivity contribution is 9.11. The summed E-state index contributed by atoms with van der Waals surface area (Å²) in [6.07, 6.45) is 0. The van der Waals surface area contributed by atoms with Crippen LogP contribution in [-0.2, 0) is 10.0 Å². The minimum Gasteiger partial charge on any atom is -0.377 e. The van der Waals surface area contributed by atoms with Gasteiger partial charge in [0.1, 0.15) is 4.21 Å². The summed E-state index contributed by atoms with van der Waals surface area (Å²) in [5.74, 6) is 0. The molecule has 4 nitrogen and oxygen atoms in total. The van der Waals surface area contributed by atoms with Crippen LogP contribution >= 0.6 is 27.3 Å². The first-order valence-electron chi connectivity index (χ1n) is 6.27. The smallest absolute Gasteiger partial charge is 0.271 e. The molecular formula is C14H17BrN2O2S2. The van der Waals surface area contributed by atoms with Crippen LogP contribution in [0.4, 0.5) is 11.4 Å². The van der Waals surface area contributed by atoms with Crippen molar-refractivity contribution in [3.05, 3.63) is 39.2 Å². The minimum atomic E-state index is -3.55. The molecule has 0 atom stereocenters. The van der Waals surface area contributed by atoms with Gasteiger partial charge in [0.25, 0.3) is 10.0 Å². The van der Waals surface area contributed by atoms with E-state index in [1.54, 1.807) is 12.1 Å². The molecule has 21 heavy (non-hydrogen) atoms. The van der Waals surface area contributed by atoms with E-state index in [0.29, 0.717) is 9.90 Å². The van der Waals surface area contributed by atoms with E-state index in [4.69, 9.17) is 0 Å². The molecule has 7 heteroatoms. The first kappa shape index (κ1) is 16.3. The molecule has 1 N–H and O–H groups in total. The van der Waals surface area contributed by atoms with Crippen LogP contribution in [0, 0.1) is 13.8 Å². The fraction of sp³-hybridized carbons (Fsp3) is 0.286.